The molecule has 0 atom stereocenters. The summed E-state index contributed by atoms with van der Waals surface area (Å²) in [5.74, 6) is 0.248. The molecule has 0 spiro atoms. The fourth-order valence-electron chi connectivity index (χ4n) is 1.78. The third-order valence-electron chi connectivity index (χ3n) is 2.80. The van der Waals surface area contributed by atoms with E-state index in [1.807, 2.05) is 19.9 Å². The van der Waals surface area contributed by atoms with Crippen LogP contribution in [0.3, 0.4) is 0 Å². The minimum Gasteiger partial charge on any atom is -0.399 e. The van der Waals surface area contributed by atoms with Crippen molar-refractivity contribution in [2.24, 2.45) is 5.73 Å². The largest absolute Gasteiger partial charge is 0.411 e. The molecule has 0 aliphatic rings. The lowest BCUT2D eigenvalue weighted by molar-refractivity contribution is 0.209. The summed E-state index contributed by atoms with van der Waals surface area (Å²) in [6.45, 7) is 3.99. The Bertz CT molecular complexity index is 622. The Kier molecular flexibility index (Phi) is 3.71. The number of anilines is 1. The summed E-state index contributed by atoms with van der Waals surface area (Å²) in [6.07, 6.45) is -0.170. The number of rotatable bonds is 3. The predicted octanol–water partition coefficient (Wildman–Crippen LogP) is 2.39. The van der Waals surface area contributed by atoms with Gasteiger partial charge in [-0.15, -0.1) is 11.3 Å². The van der Waals surface area contributed by atoms with Gasteiger partial charge in [0.05, 0.1) is 5.38 Å². The van der Waals surface area contributed by atoms with E-state index in [1.54, 1.807) is 5.38 Å². The van der Waals surface area contributed by atoms with Crippen LogP contribution in [-0.2, 0) is 6.42 Å². The van der Waals surface area contributed by atoms with Gasteiger partial charge in [0.15, 0.2) is 0 Å². The van der Waals surface area contributed by atoms with Crippen molar-refractivity contribution in [3.8, 4) is 5.88 Å². The summed E-state index contributed by atoms with van der Waals surface area (Å²) in [7, 11) is 0. The Morgan fingerprint density at radius 2 is 2.11 bits per heavy atom. The first-order chi connectivity index (χ1) is 8.95. The van der Waals surface area contributed by atoms with Gasteiger partial charge in [0.1, 0.15) is 5.01 Å². The zero-order chi connectivity index (χ0) is 14.0. The number of primary amides is 1. The van der Waals surface area contributed by atoms with Crippen LogP contribution in [0.1, 0.15) is 21.7 Å². The highest BCUT2D eigenvalue weighted by Crippen LogP contribution is 2.24. The maximum absolute atomic E-state index is 10.6. The van der Waals surface area contributed by atoms with Crippen LogP contribution in [0, 0.1) is 13.8 Å². The molecular weight excluding hydrogens is 262 g/mol. The molecule has 19 heavy (non-hydrogen) atoms. The molecule has 0 saturated heterocycles. The summed E-state index contributed by atoms with van der Waals surface area (Å²) in [5, 5.41) is 2.53. The molecule has 1 heterocycles. The van der Waals surface area contributed by atoms with Gasteiger partial charge in [0, 0.05) is 12.1 Å². The lowest BCUT2D eigenvalue weighted by Crippen LogP contribution is -2.16. The molecule has 2 rings (SSSR count). The number of aryl methyl sites for hydroxylation is 2. The number of nitrogens with two attached hydrogens (primary N) is 2. The van der Waals surface area contributed by atoms with Crippen LogP contribution in [0.4, 0.5) is 10.5 Å². The molecule has 4 N–H and O–H groups in total. The number of ether oxygens (including phenoxy) is 1. The Balaban J connectivity index is 2.19. The van der Waals surface area contributed by atoms with Gasteiger partial charge in [-0.25, -0.2) is 9.78 Å². The lowest BCUT2D eigenvalue weighted by atomic mass is 10.0. The van der Waals surface area contributed by atoms with Crippen molar-refractivity contribution in [2.45, 2.75) is 20.3 Å². The first-order valence-corrected chi connectivity index (χ1v) is 6.61. The fraction of sp³-hybridized carbons (Fsp3) is 0.231. The molecule has 1 aromatic heterocycles. The minimum atomic E-state index is -0.851. The molecule has 0 saturated carbocycles. The number of hydrogen-bond acceptors (Lipinski definition) is 5. The van der Waals surface area contributed by atoms with Gasteiger partial charge in [-0.3, -0.25) is 0 Å². The Morgan fingerprint density at radius 1 is 1.37 bits per heavy atom. The van der Waals surface area contributed by atoms with Crippen LogP contribution in [0.2, 0.25) is 0 Å². The van der Waals surface area contributed by atoms with Crippen molar-refractivity contribution in [3.05, 3.63) is 39.2 Å². The number of nitrogens with zero attached hydrogens (tertiary/aromatic N) is 1. The van der Waals surface area contributed by atoms with E-state index < -0.39 is 6.09 Å². The molecule has 100 valence electrons. The summed E-state index contributed by atoms with van der Waals surface area (Å²) in [5.41, 5.74) is 14.9. The van der Waals surface area contributed by atoms with E-state index in [2.05, 4.69) is 11.1 Å². The number of hydrogen-bond donors (Lipinski definition) is 2. The van der Waals surface area contributed by atoms with Gasteiger partial charge >= 0.3 is 6.09 Å². The van der Waals surface area contributed by atoms with E-state index in [4.69, 9.17) is 16.2 Å². The topological polar surface area (TPSA) is 91.2 Å². The van der Waals surface area contributed by atoms with Gasteiger partial charge in [0.2, 0.25) is 5.88 Å². The molecule has 0 radical (unpaired) electrons. The maximum atomic E-state index is 10.6. The molecule has 0 aliphatic heterocycles. The van der Waals surface area contributed by atoms with E-state index in [9.17, 15) is 4.79 Å². The van der Waals surface area contributed by atoms with Crippen molar-refractivity contribution in [2.75, 3.05) is 5.73 Å². The van der Waals surface area contributed by atoms with Crippen molar-refractivity contribution in [3.63, 3.8) is 0 Å². The fourth-order valence-corrected chi connectivity index (χ4v) is 2.50. The molecule has 0 aliphatic carbocycles. The predicted molar refractivity (Wildman–Crippen MR) is 75.5 cm³/mol. The number of carbonyl (C=O) groups is 1. The number of carbonyl (C=O) groups excluding carboxylic acids is 1. The zero-order valence-electron chi connectivity index (χ0n) is 10.8. The Labute approximate surface area is 115 Å². The normalized spacial score (nSPS) is 10.4. The second-order valence-corrected chi connectivity index (χ2v) is 5.26. The Hall–Kier alpha value is -2.08. The third-order valence-corrected chi connectivity index (χ3v) is 3.63. The van der Waals surface area contributed by atoms with Gasteiger partial charge in [0.25, 0.3) is 0 Å². The second-order valence-electron chi connectivity index (χ2n) is 4.31. The average molecular weight is 277 g/mol. The highest BCUT2D eigenvalue weighted by molar-refractivity contribution is 7.09. The quantitative estimate of drug-likeness (QED) is 0.843. The summed E-state index contributed by atoms with van der Waals surface area (Å²) < 4.78 is 4.72. The van der Waals surface area contributed by atoms with E-state index in [-0.39, 0.29) is 5.88 Å². The summed E-state index contributed by atoms with van der Waals surface area (Å²) in [6, 6.07) is 4.01. The number of thiazole rings is 1. The van der Waals surface area contributed by atoms with Crippen LogP contribution in [0.25, 0.3) is 0 Å². The summed E-state index contributed by atoms with van der Waals surface area (Å²) in [4.78, 5) is 14.8. The SMILES string of the molecule is Cc1cc(Cc2nc(OC(N)=O)cs2)c(C)cc1N. The van der Waals surface area contributed by atoms with Gasteiger partial charge in [-0.05, 0) is 36.6 Å². The molecule has 0 fully saturated rings. The van der Waals surface area contributed by atoms with Crippen LogP contribution in [0.15, 0.2) is 17.5 Å². The molecule has 1 amide bonds. The molecule has 0 unspecified atom stereocenters. The zero-order valence-corrected chi connectivity index (χ0v) is 11.6. The first kappa shape index (κ1) is 13.4. The van der Waals surface area contributed by atoms with Gasteiger partial charge in [-0.2, -0.15) is 0 Å². The summed E-state index contributed by atoms with van der Waals surface area (Å²) >= 11 is 1.43. The van der Waals surface area contributed by atoms with E-state index >= 15 is 0 Å². The van der Waals surface area contributed by atoms with Crippen LogP contribution < -0.4 is 16.2 Å². The molecule has 2 aromatic rings. The number of amides is 1. The Morgan fingerprint density at radius 3 is 2.79 bits per heavy atom. The highest BCUT2D eigenvalue weighted by atomic mass is 32.1. The van der Waals surface area contributed by atoms with Crippen molar-refractivity contribution < 1.29 is 9.53 Å². The molecule has 0 bridgehead atoms. The van der Waals surface area contributed by atoms with Crippen molar-refractivity contribution in [1.29, 1.82) is 0 Å². The monoisotopic (exact) mass is 277 g/mol. The number of aromatic nitrogens is 1. The van der Waals surface area contributed by atoms with Crippen molar-refractivity contribution in [1.82, 2.24) is 4.98 Å². The lowest BCUT2D eigenvalue weighted by Gasteiger charge is -2.08. The number of nitrogen functional groups attached to an aromatic ring is 1. The average Bonchev–Trinajstić information content (AvgIpc) is 2.72. The third kappa shape index (κ3) is 3.23. The second kappa shape index (κ2) is 5.27. The molecule has 5 nitrogen and oxygen atoms in total. The van der Waals surface area contributed by atoms with Gasteiger partial charge < -0.3 is 16.2 Å². The maximum Gasteiger partial charge on any atom is 0.411 e. The van der Waals surface area contributed by atoms with E-state index in [0.717, 1.165) is 27.4 Å². The van der Waals surface area contributed by atoms with Crippen LogP contribution >= 0.6 is 11.3 Å². The van der Waals surface area contributed by atoms with Crippen LogP contribution in [0.5, 0.6) is 5.88 Å². The van der Waals surface area contributed by atoms with Crippen molar-refractivity contribution >= 4 is 23.1 Å². The van der Waals surface area contributed by atoms with E-state index in [0.29, 0.717) is 6.42 Å². The molecule has 6 heteroatoms. The highest BCUT2D eigenvalue weighted by Gasteiger charge is 2.09. The molecular formula is C13H15N3O2S. The standard InChI is InChI=1S/C13H15N3O2S/c1-7-4-10(14)8(2)3-9(7)5-12-16-11(6-19-12)18-13(15)17/h3-4,6H,5,14H2,1-2H3,(H2,15,17). The van der Waals surface area contributed by atoms with Crippen LogP contribution in [-0.4, -0.2) is 11.1 Å². The van der Waals surface area contributed by atoms with E-state index in [1.165, 1.54) is 11.3 Å². The van der Waals surface area contributed by atoms with Gasteiger partial charge in [-0.1, -0.05) is 6.07 Å². The molecule has 1 aromatic carbocycles. The first-order valence-electron chi connectivity index (χ1n) is 5.73. The smallest absolute Gasteiger partial charge is 0.399 e. The minimum absolute atomic E-state index is 0.248. The number of benzene rings is 1.